The molecule has 0 aromatic carbocycles. The molecule has 12 heteroatoms. The number of unbranched alkanes of at least 4 members (excludes halogenated alkanes) is 36. The highest BCUT2D eigenvalue weighted by molar-refractivity contribution is 5.77. The number of carbonyl (C=O) groups is 4. The van der Waals surface area contributed by atoms with Crippen LogP contribution in [0.25, 0.3) is 0 Å². The lowest BCUT2D eigenvalue weighted by molar-refractivity contribution is -0.122. The summed E-state index contributed by atoms with van der Waals surface area (Å²) in [6.07, 6.45) is 52.2. The van der Waals surface area contributed by atoms with Gasteiger partial charge in [0, 0.05) is 104 Å². The van der Waals surface area contributed by atoms with Crippen LogP contribution in [0.15, 0.2) is 0 Å². The Morgan fingerprint density at radius 1 is 0.237 bits per heavy atom. The molecular formula is C64H130N8O4. The van der Waals surface area contributed by atoms with E-state index >= 15 is 0 Å². The number of hydrogen-bond acceptors (Lipinski definition) is 7. The number of hydrogen-bond donors (Lipinski definition) is 6. The average molecular weight is 1080 g/mol. The first-order valence-corrected chi connectivity index (χ1v) is 33.3. The topological polar surface area (TPSA) is 147 Å². The van der Waals surface area contributed by atoms with E-state index < -0.39 is 0 Å². The maximum Gasteiger partial charge on any atom is 0.314 e. The van der Waals surface area contributed by atoms with Crippen molar-refractivity contribution in [1.82, 2.24) is 41.7 Å². The normalized spacial score (nSPS) is 11.4. The first-order chi connectivity index (χ1) is 37.4. The van der Waals surface area contributed by atoms with Gasteiger partial charge in [0.25, 0.3) is 0 Å². The lowest BCUT2D eigenvalue weighted by atomic mass is 10.1. The van der Waals surface area contributed by atoms with Crippen molar-refractivity contribution in [2.45, 2.75) is 304 Å². The van der Waals surface area contributed by atoms with Crippen LogP contribution >= 0.6 is 0 Å². The minimum atomic E-state index is -0.118. The molecule has 0 fully saturated rings. The van der Waals surface area contributed by atoms with Crippen LogP contribution in [0.1, 0.15) is 304 Å². The van der Waals surface area contributed by atoms with Crippen LogP contribution in [0.2, 0.25) is 0 Å². The van der Waals surface area contributed by atoms with Crippen LogP contribution < -0.4 is 31.9 Å². The quantitative estimate of drug-likeness (QED) is 0.0333. The second kappa shape index (κ2) is 61.8. The van der Waals surface area contributed by atoms with E-state index in [0.29, 0.717) is 65.1 Å². The molecule has 0 radical (unpaired) electrons. The molecule has 0 unspecified atom stereocenters. The van der Waals surface area contributed by atoms with Gasteiger partial charge in [-0.1, -0.05) is 259 Å². The van der Waals surface area contributed by atoms with Gasteiger partial charge in [-0.25, -0.2) is 4.79 Å². The molecule has 0 aromatic heterocycles. The van der Waals surface area contributed by atoms with Crippen LogP contribution in [0.4, 0.5) is 4.79 Å². The average Bonchev–Trinajstić information content (AvgIpc) is 3.41. The fourth-order valence-corrected chi connectivity index (χ4v) is 10.0. The number of urea groups is 1. The summed E-state index contributed by atoms with van der Waals surface area (Å²) >= 11 is 0. The molecule has 0 aromatic rings. The minimum absolute atomic E-state index is 0.0768. The first-order valence-electron chi connectivity index (χ1n) is 33.3. The molecule has 0 aliphatic heterocycles. The van der Waals surface area contributed by atoms with Gasteiger partial charge in [-0.05, 0) is 25.7 Å². The van der Waals surface area contributed by atoms with E-state index in [9.17, 15) is 19.2 Å². The SMILES string of the molecule is CCCCCCCCCCCCNC(=O)CCNCCN(CCNC(=O)NCCCCCCCCCCCC)CCN(CCC(=O)NCCCCCCCCCCCC)CCC(=O)NCCCCCCCCCCCC. The monoisotopic (exact) mass is 1080 g/mol. The Morgan fingerprint density at radius 3 is 0.816 bits per heavy atom. The molecule has 0 rings (SSSR count). The molecule has 76 heavy (non-hydrogen) atoms. The molecule has 0 atom stereocenters. The molecule has 0 saturated carbocycles. The summed E-state index contributed by atoms with van der Waals surface area (Å²) in [6.45, 7) is 17.9. The maximum absolute atomic E-state index is 13.1. The molecule has 12 nitrogen and oxygen atoms in total. The van der Waals surface area contributed by atoms with Crippen molar-refractivity contribution in [2.24, 2.45) is 0 Å². The summed E-state index contributed by atoms with van der Waals surface area (Å²) in [6, 6.07) is -0.118. The number of nitrogens with zero attached hydrogens (tertiary/aromatic N) is 2. The molecule has 0 aliphatic rings. The van der Waals surface area contributed by atoms with E-state index in [1.54, 1.807) is 0 Å². The van der Waals surface area contributed by atoms with Crippen LogP contribution in [0.3, 0.4) is 0 Å². The second-order valence-electron chi connectivity index (χ2n) is 22.6. The van der Waals surface area contributed by atoms with E-state index in [1.807, 2.05) is 0 Å². The summed E-state index contributed by atoms with van der Waals surface area (Å²) in [4.78, 5) is 56.3. The van der Waals surface area contributed by atoms with E-state index in [-0.39, 0.29) is 23.8 Å². The zero-order valence-electron chi connectivity index (χ0n) is 51.1. The molecule has 5 amide bonds. The lowest BCUT2D eigenvalue weighted by Crippen LogP contribution is -2.45. The molecule has 0 spiro atoms. The molecule has 0 bridgehead atoms. The first kappa shape index (κ1) is 73.6. The number of nitrogens with one attached hydrogen (secondary N) is 6. The van der Waals surface area contributed by atoms with Crippen molar-refractivity contribution in [2.75, 3.05) is 85.1 Å². The number of rotatable bonds is 62. The van der Waals surface area contributed by atoms with Crippen molar-refractivity contribution in [1.29, 1.82) is 0 Å². The Kier molecular flexibility index (Phi) is 59.8. The van der Waals surface area contributed by atoms with Crippen LogP contribution in [0, 0.1) is 0 Å². The fourth-order valence-electron chi connectivity index (χ4n) is 10.0. The van der Waals surface area contributed by atoms with E-state index in [1.165, 1.54) is 212 Å². The van der Waals surface area contributed by atoms with Gasteiger partial charge in [0.1, 0.15) is 0 Å². The predicted molar refractivity (Wildman–Crippen MR) is 327 cm³/mol. The van der Waals surface area contributed by atoms with Crippen molar-refractivity contribution in [3.8, 4) is 0 Å². The zero-order valence-corrected chi connectivity index (χ0v) is 51.1. The van der Waals surface area contributed by atoms with Gasteiger partial charge in [-0.3, -0.25) is 19.3 Å². The highest BCUT2D eigenvalue weighted by Gasteiger charge is 2.14. The molecule has 0 heterocycles. The molecule has 450 valence electrons. The second-order valence-corrected chi connectivity index (χ2v) is 22.6. The third-order valence-corrected chi connectivity index (χ3v) is 15.3. The fraction of sp³-hybridized carbons (Fsp3) is 0.938. The van der Waals surface area contributed by atoms with Crippen molar-refractivity contribution >= 4 is 23.8 Å². The Bertz CT molecular complexity index is 1200. The van der Waals surface area contributed by atoms with Gasteiger partial charge in [-0.15, -0.1) is 0 Å². The summed E-state index contributed by atoms with van der Waals surface area (Å²) in [7, 11) is 0. The van der Waals surface area contributed by atoms with Gasteiger partial charge in [0.2, 0.25) is 17.7 Å². The van der Waals surface area contributed by atoms with E-state index in [2.05, 4.69) is 69.4 Å². The maximum atomic E-state index is 13.1. The third kappa shape index (κ3) is 57.7. The van der Waals surface area contributed by atoms with Gasteiger partial charge in [-0.2, -0.15) is 0 Å². The van der Waals surface area contributed by atoms with Crippen molar-refractivity contribution in [3.05, 3.63) is 0 Å². The molecular weight excluding hydrogens is 945 g/mol. The summed E-state index contributed by atoms with van der Waals surface area (Å²) < 4.78 is 0. The Hall–Kier alpha value is -2.44. The Balaban J connectivity index is 5.19. The van der Waals surface area contributed by atoms with E-state index in [0.717, 1.165) is 84.2 Å². The predicted octanol–water partition coefficient (Wildman–Crippen LogP) is 14.7. The van der Waals surface area contributed by atoms with Gasteiger partial charge in [0.05, 0.1) is 0 Å². The molecule has 6 N–H and O–H groups in total. The summed E-state index contributed by atoms with van der Waals surface area (Å²) in [5, 5.41) is 19.1. The summed E-state index contributed by atoms with van der Waals surface area (Å²) in [5.41, 5.74) is 0. The van der Waals surface area contributed by atoms with Crippen molar-refractivity contribution < 1.29 is 19.2 Å². The lowest BCUT2D eigenvalue weighted by Gasteiger charge is -2.28. The van der Waals surface area contributed by atoms with Gasteiger partial charge < -0.3 is 36.8 Å². The molecule has 0 saturated heterocycles. The summed E-state index contributed by atoms with van der Waals surface area (Å²) in [5.74, 6) is 0.255. The van der Waals surface area contributed by atoms with Gasteiger partial charge >= 0.3 is 6.03 Å². The highest BCUT2D eigenvalue weighted by atomic mass is 16.2. The van der Waals surface area contributed by atoms with Gasteiger partial charge in [0.15, 0.2) is 0 Å². The van der Waals surface area contributed by atoms with Crippen molar-refractivity contribution in [3.63, 3.8) is 0 Å². The minimum Gasteiger partial charge on any atom is -0.356 e. The molecule has 0 aliphatic carbocycles. The standard InChI is InChI=1S/C64H130N8O4/c1-5-9-13-17-21-25-29-33-37-41-48-66-61(73)45-52-65-53-57-72(58-54-70-64(76)69-51-44-40-36-32-28-24-20-16-12-8-4)60-59-71(55-46-62(74)67-49-42-38-34-30-26-22-18-14-10-6-2)56-47-63(75)68-50-43-39-35-31-27-23-19-15-11-7-3/h65H,5-60H2,1-4H3,(H,66,73)(H,67,74)(H,68,75)(H2,69,70,76). The van der Waals surface area contributed by atoms with Crippen LogP contribution in [-0.4, -0.2) is 119 Å². The smallest absolute Gasteiger partial charge is 0.314 e. The number of amides is 5. The Morgan fingerprint density at radius 2 is 0.487 bits per heavy atom. The van der Waals surface area contributed by atoms with E-state index in [4.69, 9.17) is 0 Å². The zero-order chi connectivity index (χ0) is 55.3. The largest absolute Gasteiger partial charge is 0.356 e. The number of carbonyl (C=O) groups excluding carboxylic acids is 4. The highest BCUT2D eigenvalue weighted by Crippen LogP contribution is 2.14. The third-order valence-electron chi connectivity index (χ3n) is 15.3. The Labute approximate surface area is 471 Å². The van der Waals surface area contributed by atoms with Crippen LogP contribution in [0.5, 0.6) is 0 Å². The van der Waals surface area contributed by atoms with Crippen LogP contribution in [-0.2, 0) is 14.4 Å².